The third kappa shape index (κ3) is 7.15. The summed E-state index contributed by atoms with van der Waals surface area (Å²) >= 11 is 0.908. The van der Waals surface area contributed by atoms with E-state index in [0.717, 1.165) is 22.1 Å². The summed E-state index contributed by atoms with van der Waals surface area (Å²) in [6.45, 7) is -1.04. The van der Waals surface area contributed by atoms with Crippen molar-refractivity contribution in [1.29, 1.82) is 0 Å². The van der Waals surface area contributed by atoms with Gasteiger partial charge in [0, 0.05) is 12.5 Å². The fourth-order valence-corrected chi connectivity index (χ4v) is 5.88. The first-order chi connectivity index (χ1) is 14.1. The largest absolute Gasteiger partial charge is 0.490 e. The Kier molecular flexibility index (Phi) is 8.29. The number of aromatic nitrogens is 2. The van der Waals surface area contributed by atoms with Gasteiger partial charge in [0.25, 0.3) is 5.56 Å². The van der Waals surface area contributed by atoms with Crippen LogP contribution in [0.2, 0.25) is 0 Å². The van der Waals surface area contributed by atoms with Gasteiger partial charge in [-0.25, -0.2) is 22.5 Å². The van der Waals surface area contributed by atoms with E-state index in [-0.39, 0.29) is 5.56 Å². The van der Waals surface area contributed by atoms with Crippen molar-refractivity contribution >= 4 is 35.4 Å². The highest BCUT2D eigenvalue weighted by Gasteiger charge is 2.47. The predicted molar refractivity (Wildman–Crippen MR) is 99.7 cm³/mol. The highest BCUT2D eigenvalue weighted by molar-refractivity contribution is 7.97. The third-order valence-corrected chi connectivity index (χ3v) is 8.09. The average Bonchev–Trinajstić information content (AvgIpc) is 2.85. The maximum Gasteiger partial charge on any atom is 0.490 e. The summed E-state index contributed by atoms with van der Waals surface area (Å²) in [5.41, 5.74) is -1.96. The lowest BCUT2D eigenvalue weighted by Gasteiger charge is -2.19. The molecule has 0 aliphatic carbocycles. The van der Waals surface area contributed by atoms with Crippen molar-refractivity contribution in [2.75, 3.05) is 12.9 Å². The molecule has 21 heteroatoms. The molecule has 6 atom stereocenters. The number of nitrogens with zero attached hydrogens (tertiary/aromatic N) is 1. The number of aromatic amines is 1. The topological polar surface area (TPSA) is 264 Å². The van der Waals surface area contributed by atoms with Crippen LogP contribution in [0.5, 0.6) is 0 Å². The summed E-state index contributed by atoms with van der Waals surface area (Å²) in [6.07, 6.45) is -4.03. The highest BCUT2D eigenvalue weighted by atomic mass is 32.2. The second-order valence-corrected chi connectivity index (χ2v) is 11.0. The van der Waals surface area contributed by atoms with Crippen molar-refractivity contribution in [1.82, 2.24) is 8.96 Å². The van der Waals surface area contributed by atoms with Crippen molar-refractivity contribution < 1.29 is 61.4 Å². The van der Waals surface area contributed by atoms with Gasteiger partial charge in [-0.1, -0.05) is 0 Å². The third-order valence-electron chi connectivity index (χ3n) is 3.62. The van der Waals surface area contributed by atoms with E-state index in [1.54, 1.807) is 0 Å². The van der Waals surface area contributed by atoms with Crippen LogP contribution in [0, 0.1) is 0 Å². The van der Waals surface area contributed by atoms with E-state index in [1.807, 2.05) is 4.98 Å². The Morgan fingerprint density at radius 2 is 1.71 bits per heavy atom. The first kappa shape index (κ1) is 26.6. The number of rotatable bonds is 9. The number of aliphatic hydroxyl groups is 2. The van der Waals surface area contributed by atoms with Crippen LogP contribution in [-0.4, -0.2) is 69.9 Å². The summed E-state index contributed by atoms with van der Waals surface area (Å²) in [7, 11) is -16.8. The van der Waals surface area contributed by atoms with Crippen LogP contribution in [0.4, 0.5) is 0 Å². The normalized spacial score (nSPS) is 28.2. The van der Waals surface area contributed by atoms with Gasteiger partial charge in [0.1, 0.15) is 24.4 Å². The molecule has 0 spiro atoms. The molecule has 1 aromatic rings. The first-order valence-electron chi connectivity index (χ1n) is 7.75. The molecule has 7 N–H and O–H groups in total. The van der Waals surface area contributed by atoms with Crippen molar-refractivity contribution in [2.24, 2.45) is 0 Å². The molecule has 0 radical (unpaired) electrons. The van der Waals surface area contributed by atoms with E-state index in [9.17, 15) is 38.4 Å². The highest BCUT2D eigenvalue weighted by Crippen LogP contribution is 2.66. The number of phosphoric acid groups is 3. The molecule has 1 saturated heterocycles. The Morgan fingerprint density at radius 3 is 2.26 bits per heavy atom. The van der Waals surface area contributed by atoms with E-state index < -0.39 is 65.7 Å². The Bertz CT molecular complexity index is 1070. The van der Waals surface area contributed by atoms with Gasteiger partial charge in [0.05, 0.1) is 12.2 Å². The van der Waals surface area contributed by atoms with Crippen molar-refractivity contribution in [3.05, 3.63) is 32.6 Å². The standard InChI is InChI=1S/C10H17N2O15P3S/c1-31-12-2-4(9(15)11-10(12)16)8-7(14)6(13)5(25-8)3-24-29(20,21)27-30(22,23)26-28(17,18)19/h2,5-8,13-14H,3H2,1H3,(H,20,21)(H,22,23)(H,11,15,16)(H2,17,18,19)/t5-,6?,7?,8+/m1/s1. The minimum Gasteiger partial charge on any atom is -0.387 e. The molecule has 4 unspecified atom stereocenters. The zero-order chi connectivity index (χ0) is 23.8. The Balaban J connectivity index is 2.12. The van der Waals surface area contributed by atoms with Gasteiger partial charge in [-0.05, 0) is 11.9 Å². The molecule has 1 aliphatic heterocycles. The van der Waals surface area contributed by atoms with Crippen molar-refractivity contribution in [3.63, 3.8) is 0 Å². The van der Waals surface area contributed by atoms with Crippen LogP contribution in [0.15, 0.2) is 15.8 Å². The lowest BCUT2D eigenvalue weighted by atomic mass is 10.0. The van der Waals surface area contributed by atoms with Gasteiger partial charge in [-0.15, -0.1) is 0 Å². The summed E-state index contributed by atoms with van der Waals surface area (Å²) in [6, 6.07) is 0. The number of phosphoric ester groups is 1. The smallest absolute Gasteiger partial charge is 0.387 e. The quantitative estimate of drug-likeness (QED) is 0.173. The lowest BCUT2D eigenvalue weighted by Crippen LogP contribution is -2.35. The van der Waals surface area contributed by atoms with Gasteiger partial charge >= 0.3 is 29.2 Å². The molecule has 178 valence electrons. The SMILES string of the molecule is CSn1cc([C@@H]2O[C@H](COP(=O)(O)OP(=O)(O)OP(=O)(O)O)C(O)C2O)c(=O)[nH]c1=O. The van der Waals surface area contributed by atoms with Crippen LogP contribution in [0.1, 0.15) is 11.7 Å². The van der Waals surface area contributed by atoms with Gasteiger partial charge < -0.3 is 34.5 Å². The van der Waals surface area contributed by atoms with Gasteiger partial charge in [0.2, 0.25) is 0 Å². The van der Waals surface area contributed by atoms with Crippen LogP contribution < -0.4 is 11.2 Å². The molecule has 0 saturated carbocycles. The number of hydrogen-bond acceptors (Lipinski definition) is 12. The monoisotopic (exact) mass is 530 g/mol. The van der Waals surface area contributed by atoms with Crippen LogP contribution in [0.25, 0.3) is 0 Å². The summed E-state index contributed by atoms with van der Waals surface area (Å²) in [4.78, 5) is 61.0. The molecule has 1 fully saturated rings. The molecule has 1 aromatic heterocycles. The molecular weight excluding hydrogens is 513 g/mol. The zero-order valence-electron chi connectivity index (χ0n) is 15.1. The molecule has 17 nitrogen and oxygen atoms in total. The number of nitrogens with one attached hydrogen (secondary N) is 1. The van der Waals surface area contributed by atoms with E-state index in [4.69, 9.17) is 19.4 Å². The van der Waals surface area contributed by atoms with E-state index in [1.165, 1.54) is 6.26 Å². The molecule has 0 aromatic carbocycles. The summed E-state index contributed by atoms with van der Waals surface area (Å²) in [5.74, 6) is 0. The maximum absolute atomic E-state index is 12.0. The summed E-state index contributed by atoms with van der Waals surface area (Å²) in [5, 5.41) is 20.2. The molecule has 0 bridgehead atoms. The van der Waals surface area contributed by atoms with Crippen LogP contribution in [0.3, 0.4) is 0 Å². The second-order valence-electron chi connectivity index (χ2n) is 5.82. The van der Waals surface area contributed by atoms with E-state index >= 15 is 0 Å². The number of ether oxygens (including phenoxy) is 1. The van der Waals surface area contributed by atoms with E-state index in [0.29, 0.717) is 0 Å². The van der Waals surface area contributed by atoms with Gasteiger partial charge in [0.15, 0.2) is 0 Å². The first-order valence-corrected chi connectivity index (χ1v) is 13.5. The minimum atomic E-state index is -5.74. The molecule has 2 heterocycles. The summed E-state index contributed by atoms with van der Waals surface area (Å²) < 4.78 is 51.3. The molecule has 2 rings (SSSR count). The van der Waals surface area contributed by atoms with Crippen LogP contribution in [-0.2, 0) is 31.6 Å². The Labute approximate surface area is 176 Å². The fourth-order valence-electron chi connectivity index (χ4n) is 2.42. The van der Waals surface area contributed by atoms with Gasteiger partial charge in [-0.2, -0.15) is 8.62 Å². The van der Waals surface area contributed by atoms with Crippen molar-refractivity contribution in [2.45, 2.75) is 24.4 Å². The lowest BCUT2D eigenvalue weighted by molar-refractivity contribution is -0.0227. The zero-order valence-corrected chi connectivity index (χ0v) is 18.6. The Morgan fingerprint density at radius 1 is 1.10 bits per heavy atom. The maximum atomic E-state index is 12.0. The molecule has 0 amide bonds. The number of H-pyrrole nitrogens is 1. The molecule has 1 aliphatic rings. The number of hydrogen-bond donors (Lipinski definition) is 7. The molecule has 31 heavy (non-hydrogen) atoms. The van der Waals surface area contributed by atoms with Gasteiger partial charge in [-0.3, -0.25) is 14.3 Å². The average molecular weight is 530 g/mol. The molecular formula is C10H17N2O15P3S. The van der Waals surface area contributed by atoms with E-state index in [2.05, 4.69) is 13.1 Å². The predicted octanol–water partition coefficient (Wildman–Crippen LogP) is -1.83. The number of aliphatic hydroxyl groups excluding tert-OH is 2. The minimum absolute atomic E-state index is 0.263. The second kappa shape index (κ2) is 9.67. The van der Waals surface area contributed by atoms with Crippen molar-refractivity contribution in [3.8, 4) is 0 Å². The fraction of sp³-hybridized carbons (Fsp3) is 0.600. The Hall–Kier alpha value is -0.680. The van der Waals surface area contributed by atoms with Crippen LogP contribution >= 0.6 is 35.4 Å².